The molecule has 0 saturated heterocycles. The molecule has 0 aliphatic heterocycles. The van der Waals surface area contributed by atoms with Crippen LogP contribution < -0.4 is 5.32 Å². The Balaban J connectivity index is 1.97. The highest BCUT2D eigenvalue weighted by Crippen LogP contribution is 2.20. The number of benzene rings is 1. The molecule has 0 saturated carbocycles. The van der Waals surface area contributed by atoms with Gasteiger partial charge in [-0.25, -0.2) is 0 Å². The summed E-state index contributed by atoms with van der Waals surface area (Å²) in [5.41, 5.74) is 2.71. The van der Waals surface area contributed by atoms with Gasteiger partial charge in [-0.05, 0) is 57.0 Å². The second-order valence-electron chi connectivity index (χ2n) is 6.10. The van der Waals surface area contributed by atoms with Crippen molar-refractivity contribution >= 4 is 16.9 Å². The molecule has 0 spiro atoms. The lowest BCUT2D eigenvalue weighted by atomic mass is 9.90. The third-order valence-corrected chi connectivity index (χ3v) is 3.79. The lowest BCUT2D eigenvalue weighted by Gasteiger charge is -2.19. The molecule has 0 radical (unpaired) electrons. The number of hydrogen-bond acceptors (Lipinski definition) is 3. The molecule has 1 aromatic heterocycles. The van der Waals surface area contributed by atoms with Crippen LogP contribution in [0.4, 0.5) is 0 Å². The van der Waals surface area contributed by atoms with Crippen molar-refractivity contribution in [2.45, 2.75) is 33.7 Å². The first-order valence-corrected chi connectivity index (χ1v) is 7.18. The number of aromatic nitrogens is 1. The Labute approximate surface area is 125 Å². The fraction of sp³-hybridized carbons (Fsp3) is 0.412. The molecule has 112 valence electrons. The summed E-state index contributed by atoms with van der Waals surface area (Å²) in [6, 6.07) is 8.26. The van der Waals surface area contributed by atoms with Gasteiger partial charge in [-0.1, -0.05) is 12.1 Å². The van der Waals surface area contributed by atoms with Crippen LogP contribution in [-0.4, -0.2) is 22.6 Å². The van der Waals surface area contributed by atoms with Gasteiger partial charge in [-0.15, -0.1) is 0 Å². The summed E-state index contributed by atoms with van der Waals surface area (Å²) in [4.78, 5) is 15.4. The molecule has 2 rings (SSSR count). The van der Waals surface area contributed by atoms with Crippen LogP contribution in [0.2, 0.25) is 0 Å². The van der Waals surface area contributed by atoms with Gasteiger partial charge in [0.05, 0.1) is 10.9 Å². The largest absolute Gasteiger partial charge is 0.481 e. The highest BCUT2D eigenvalue weighted by Gasteiger charge is 2.25. The highest BCUT2D eigenvalue weighted by molar-refractivity contribution is 5.82. The van der Waals surface area contributed by atoms with Crippen molar-refractivity contribution in [2.75, 3.05) is 6.54 Å². The molecule has 0 aliphatic carbocycles. The molecule has 1 heterocycles. The maximum atomic E-state index is 11.0. The van der Waals surface area contributed by atoms with Crippen molar-refractivity contribution in [3.63, 3.8) is 0 Å². The normalized spacial score (nSPS) is 11.8. The van der Waals surface area contributed by atoms with Gasteiger partial charge in [0.15, 0.2) is 0 Å². The van der Waals surface area contributed by atoms with E-state index in [1.54, 1.807) is 20.0 Å². The third-order valence-electron chi connectivity index (χ3n) is 3.79. The van der Waals surface area contributed by atoms with Gasteiger partial charge in [0.2, 0.25) is 0 Å². The number of hydrogen-bond donors (Lipinski definition) is 2. The summed E-state index contributed by atoms with van der Waals surface area (Å²) in [5, 5.41) is 13.5. The molecule has 1 aromatic carbocycles. The Hall–Kier alpha value is -1.94. The number of rotatable bonds is 6. The summed E-state index contributed by atoms with van der Waals surface area (Å²) in [6.07, 6.45) is 2.41. The molecule has 0 atom stereocenters. The summed E-state index contributed by atoms with van der Waals surface area (Å²) in [7, 11) is 0. The average Bonchev–Trinajstić information content (AvgIpc) is 2.43. The molecule has 4 nitrogen and oxygen atoms in total. The molecule has 0 amide bonds. The predicted molar refractivity (Wildman–Crippen MR) is 84.2 cm³/mol. The fourth-order valence-corrected chi connectivity index (χ4v) is 2.29. The Morgan fingerprint density at radius 1 is 1.38 bits per heavy atom. The molecule has 0 aliphatic rings. The number of nitrogens with one attached hydrogen (secondary N) is 1. The minimum Gasteiger partial charge on any atom is -0.481 e. The lowest BCUT2D eigenvalue weighted by molar-refractivity contribution is -0.147. The van der Waals surface area contributed by atoms with Gasteiger partial charge in [-0.3, -0.25) is 9.78 Å². The van der Waals surface area contributed by atoms with Crippen LogP contribution in [0, 0.1) is 12.3 Å². The van der Waals surface area contributed by atoms with Crippen molar-refractivity contribution in [2.24, 2.45) is 5.41 Å². The van der Waals surface area contributed by atoms with E-state index in [-0.39, 0.29) is 0 Å². The fourth-order valence-electron chi connectivity index (χ4n) is 2.29. The maximum absolute atomic E-state index is 11.0. The first-order chi connectivity index (χ1) is 9.90. The van der Waals surface area contributed by atoms with Crippen molar-refractivity contribution in [1.29, 1.82) is 0 Å². The quantitative estimate of drug-likeness (QED) is 0.801. The van der Waals surface area contributed by atoms with Crippen molar-refractivity contribution < 1.29 is 9.90 Å². The van der Waals surface area contributed by atoms with Crippen LogP contribution >= 0.6 is 0 Å². The molecule has 0 fully saturated rings. The topological polar surface area (TPSA) is 62.2 Å². The summed E-state index contributed by atoms with van der Waals surface area (Å²) < 4.78 is 0. The number of aliphatic carboxylic acids is 1. The number of carbonyl (C=O) groups is 1. The third kappa shape index (κ3) is 3.79. The average molecular weight is 286 g/mol. The first kappa shape index (κ1) is 15.4. The van der Waals surface area contributed by atoms with E-state index in [1.807, 2.05) is 6.07 Å². The van der Waals surface area contributed by atoms with Crippen LogP contribution in [0.5, 0.6) is 0 Å². The van der Waals surface area contributed by atoms with E-state index in [2.05, 4.69) is 35.4 Å². The van der Waals surface area contributed by atoms with Gasteiger partial charge >= 0.3 is 5.97 Å². The zero-order valence-electron chi connectivity index (χ0n) is 12.8. The number of nitrogens with zero attached hydrogens (tertiary/aromatic N) is 1. The van der Waals surface area contributed by atoms with E-state index in [0.29, 0.717) is 13.0 Å². The Morgan fingerprint density at radius 3 is 2.86 bits per heavy atom. The zero-order chi connectivity index (χ0) is 15.5. The lowest BCUT2D eigenvalue weighted by Crippen LogP contribution is -2.28. The van der Waals surface area contributed by atoms with Gasteiger partial charge < -0.3 is 10.4 Å². The van der Waals surface area contributed by atoms with E-state index >= 15 is 0 Å². The molecule has 21 heavy (non-hydrogen) atoms. The number of pyridine rings is 1. The molecule has 4 heteroatoms. The number of fused-ring (bicyclic) bond motifs is 1. The first-order valence-electron chi connectivity index (χ1n) is 7.18. The van der Waals surface area contributed by atoms with Crippen molar-refractivity contribution in [3.05, 3.63) is 41.6 Å². The minimum absolute atomic E-state index is 0.608. The predicted octanol–water partition coefficient (Wildman–Crippen LogP) is 3.13. The van der Waals surface area contributed by atoms with E-state index < -0.39 is 11.4 Å². The summed E-state index contributed by atoms with van der Waals surface area (Å²) in [6.45, 7) is 6.99. The van der Waals surface area contributed by atoms with E-state index in [0.717, 1.165) is 23.0 Å². The molecule has 0 unspecified atom stereocenters. The van der Waals surface area contributed by atoms with Crippen molar-refractivity contribution in [1.82, 2.24) is 10.3 Å². The molecule has 0 bridgehead atoms. The van der Waals surface area contributed by atoms with Crippen LogP contribution in [0.15, 0.2) is 30.5 Å². The molecular formula is C17H22N2O2. The molecule has 2 aromatic rings. The Bertz CT molecular complexity index is 650. The van der Waals surface area contributed by atoms with Gasteiger partial charge in [-0.2, -0.15) is 0 Å². The smallest absolute Gasteiger partial charge is 0.309 e. The second kappa shape index (κ2) is 6.22. The van der Waals surface area contributed by atoms with Gasteiger partial charge in [0.1, 0.15) is 0 Å². The standard InChI is InChI=1S/C17H22N2O2/c1-12-9-13(10-14-5-4-7-19-15(12)14)11-18-8-6-17(2,3)16(20)21/h4-5,7,9-10,18H,6,8,11H2,1-3H3,(H,20,21). The monoisotopic (exact) mass is 286 g/mol. The van der Waals surface area contributed by atoms with Crippen LogP contribution in [0.25, 0.3) is 10.9 Å². The number of aryl methyl sites for hydroxylation is 1. The summed E-state index contributed by atoms with van der Waals surface area (Å²) in [5.74, 6) is -0.753. The highest BCUT2D eigenvalue weighted by atomic mass is 16.4. The van der Waals surface area contributed by atoms with Crippen molar-refractivity contribution in [3.8, 4) is 0 Å². The van der Waals surface area contributed by atoms with Crippen LogP contribution in [0.1, 0.15) is 31.4 Å². The maximum Gasteiger partial charge on any atom is 0.309 e. The SMILES string of the molecule is Cc1cc(CNCCC(C)(C)C(=O)O)cc2cccnc12. The second-order valence-corrected chi connectivity index (χ2v) is 6.10. The van der Waals surface area contributed by atoms with Gasteiger partial charge in [0.25, 0.3) is 0 Å². The van der Waals surface area contributed by atoms with E-state index in [9.17, 15) is 4.79 Å². The number of carboxylic acids is 1. The molecule has 2 N–H and O–H groups in total. The molecular weight excluding hydrogens is 264 g/mol. The van der Waals surface area contributed by atoms with Gasteiger partial charge in [0, 0.05) is 18.1 Å². The zero-order valence-corrected chi connectivity index (χ0v) is 12.8. The minimum atomic E-state index is -0.753. The van der Waals surface area contributed by atoms with E-state index in [1.165, 1.54) is 5.56 Å². The van der Waals surface area contributed by atoms with E-state index in [4.69, 9.17) is 5.11 Å². The van der Waals surface area contributed by atoms with Crippen LogP contribution in [-0.2, 0) is 11.3 Å². The number of carboxylic acid groups (broad SMARTS) is 1. The van der Waals surface area contributed by atoms with Crippen LogP contribution in [0.3, 0.4) is 0 Å². The summed E-state index contributed by atoms with van der Waals surface area (Å²) >= 11 is 0. The Morgan fingerprint density at radius 2 is 2.14 bits per heavy atom. The Kier molecular flexibility index (Phi) is 4.58.